The van der Waals surface area contributed by atoms with E-state index in [0.29, 0.717) is 12.1 Å². The molecule has 2 aromatic heterocycles. The van der Waals surface area contributed by atoms with Crippen LogP contribution in [0.15, 0.2) is 53.7 Å². The predicted molar refractivity (Wildman–Crippen MR) is 79.0 cm³/mol. The molecule has 1 aromatic carbocycles. The highest BCUT2D eigenvalue weighted by Gasteiger charge is 2.07. The molecule has 0 aliphatic rings. The van der Waals surface area contributed by atoms with E-state index in [-0.39, 0.29) is 5.56 Å². The maximum Gasteiger partial charge on any atom is 0.276 e. The maximum absolute atomic E-state index is 12.4. The number of aromatic nitrogens is 3. The van der Waals surface area contributed by atoms with Gasteiger partial charge in [-0.1, -0.05) is 37.3 Å². The van der Waals surface area contributed by atoms with Gasteiger partial charge in [-0.25, -0.2) is 4.98 Å². The fourth-order valence-corrected chi connectivity index (χ4v) is 2.42. The van der Waals surface area contributed by atoms with Crippen LogP contribution in [-0.4, -0.2) is 14.0 Å². The van der Waals surface area contributed by atoms with Gasteiger partial charge in [-0.3, -0.25) is 9.20 Å². The van der Waals surface area contributed by atoms with Crippen molar-refractivity contribution in [1.82, 2.24) is 14.0 Å². The highest BCUT2D eigenvalue weighted by atomic mass is 16.1. The van der Waals surface area contributed by atoms with Crippen molar-refractivity contribution < 1.29 is 0 Å². The van der Waals surface area contributed by atoms with E-state index in [0.717, 1.165) is 18.7 Å². The molecule has 0 spiro atoms. The Labute approximate surface area is 117 Å². The summed E-state index contributed by atoms with van der Waals surface area (Å²) in [5, 5.41) is 0. The monoisotopic (exact) mass is 267 g/mol. The topological polar surface area (TPSA) is 39.3 Å². The molecular weight excluding hydrogens is 250 g/mol. The molecule has 3 rings (SSSR count). The van der Waals surface area contributed by atoms with Crippen molar-refractivity contribution in [2.24, 2.45) is 0 Å². The number of hydrogen-bond donors (Lipinski definition) is 0. The van der Waals surface area contributed by atoms with Gasteiger partial charge in [0.25, 0.3) is 5.56 Å². The van der Waals surface area contributed by atoms with E-state index < -0.39 is 0 Å². The van der Waals surface area contributed by atoms with Crippen LogP contribution in [0.4, 0.5) is 0 Å². The van der Waals surface area contributed by atoms with Crippen LogP contribution in [0.3, 0.4) is 0 Å². The summed E-state index contributed by atoms with van der Waals surface area (Å²) < 4.78 is 3.63. The van der Waals surface area contributed by atoms with E-state index in [2.05, 4.69) is 17.1 Å². The average molecular weight is 267 g/mol. The second-order valence-corrected chi connectivity index (χ2v) is 4.82. The minimum Gasteiger partial charge on any atom is -0.312 e. The van der Waals surface area contributed by atoms with Gasteiger partial charge in [0.1, 0.15) is 11.3 Å². The Morgan fingerprint density at radius 2 is 1.95 bits per heavy atom. The zero-order valence-electron chi connectivity index (χ0n) is 11.5. The molecule has 0 saturated carbocycles. The quantitative estimate of drug-likeness (QED) is 0.727. The van der Waals surface area contributed by atoms with Crippen LogP contribution in [0, 0.1) is 0 Å². The molecular formula is C16H17N3O. The highest BCUT2D eigenvalue weighted by Crippen LogP contribution is 2.04. The lowest BCUT2D eigenvalue weighted by atomic mass is 10.1. The number of benzene rings is 1. The molecule has 4 nitrogen and oxygen atoms in total. The molecule has 0 saturated heterocycles. The van der Waals surface area contributed by atoms with Gasteiger partial charge in [0.15, 0.2) is 0 Å². The van der Waals surface area contributed by atoms with Gasteiger partial charge >= 0.3 is 0 Å². The predicted octanol–water partition coefficient (Wildman–Crippen LogP) is 2.30. The minimum absolute atomic E-state index is 0.0237. The Hall–Kier alpha value is -2.36. The zero-order valence-corrected chi connectivity index (χ0v) is 11.5. The third-order valence-electron chi connectivity index (χ3n) is 3.55. The Morgan fingerprint density at radius 1 is 1.15 bits per heavy atom. The maximum atomic E-state index is 12.4. The largest absolute Gasteiger partial charge is 0.312 e. The van der Waals surface area contributed by atoms with E-state index in [9.17, 15) is 4.79 Å². The molecule has 0 aliphatic heterocycles. The summed E-state index contributed by atoms with van der Waals surface area (Å²) in [5.74, 6) is 0.923. The first kappa shape index (κ1) is 12.7. The van der Waals surface area contributed by atoms with Crippen molar-refractivity contribution in [3.8, 4) is 0 Å². The van der Waals surface area contributed by atoms with Crippen LogP contribution in [0.25, 0.3) is 5.52 Å². The van der Waals surface area contributed by atoms with Crippen LogP contribution in [0.5, 0.6) is 0 Å². The summed E-state index contributed by atoms with van der Waals surface area (Å²) in [4.78, 5) is 16.7. The Bertz CT molecular complexity index is 771. The smallest absolute Gasteiger partial charge is 0.276 e. The van der Waals surface area contributed by atoms with Gasteiger partial charge in [-0.2, -0.15) is 0 Å². The van der Waals surface area contributed by atoms with Crippen molar-refractivity contribution >= 4 is 5.52 Å². The third-order valence-corrected chi connectivity index (χ3v) is 3.55. The Balaban J connectivity index is 1.89. The molecule has 0 bridgehead atoms. The van der Waals surface area contributed by atoms with Crippen molar-refractivity contribution in [1.29, 1.82) is 0 Å². The van der Waals surface area contributed by atoms with Crippen LogP contribution >= 0.6 is 0 Å². The first-order valence-corrected chi connectivity index (χ1v) is 6.89. The molecule has 102 valence electrons. The zero-order chi connectivity index (χ0) is 13.9. The number of rotatable bonds is 4. The average Bonchev–Trinajstić information content (AvgIpc) is 2.91. The molecule has 20 heavy (non-hydrogen) atoms. The van der Waals surface area contributed by atoms with Gasteiger partial charge < -0.3 is 4.57 Å². The second-order valence-electron chi connectivity index (χ2n) is 4.82. The summed E-state index contributed by atoms with van der Waals surface area (Å²) in [6.45, 7) is 2.72. The minimum atomic E-state index is 0.0237. The molecule has 0 N–H and O–H groups in total. The molecule has 0 amide bonds. The first-order valence-electron chi connectivity index (χ1n) is 6.89. The number of fused-ring (bicyclic) bond motifs is 1. The molecule has 0 atom stereocenters. The lowest BCUT2D eigenvalue weighted by molar-refractivity contribution is 0.665. The summed E-state index contributed by atoms with van der Waals surface area (Å²) in [5.41, 5.74) is 1.91. The summed E-state index contributed by atoms with van der Waals surface area (Å²) in [6.07, 6.45) is 7.11. The second kappa shape index (κ2) is 5.33. The third kappa shape index (κ3) is 2.25. The Kier molecular flexibility index (Phi) is 3.37. The highest BCUT2D eigenvalue weighted by molar-refractivity contribution is 5.43. The molecule has 0 unspecified atom stereocenters. The lowest BCUT2D eigenvalue weighted by Crippen LogP contribution is -2.22. The molecule has 0 aliphatic carbocycles. The number of hydrogen-bond acceptors (Lipinski definition) is 2. The van der Waals surface area contributed by atoms with Crippen molar-refractivity contribution in [2.45, 2.75) is 26.3 Å². The normalized spacial score (nSPS) is 11.1. The van der Waals surface area contributed by atoms with Gasteiger partial charge in [0.2, 0.25) is 0 Å². The fourth-order valence-electron chi connectivity index (χ4n) is 2.42. The summed E-state index contributed by atoms with van der Waals surface area (Å²) in [7, 11) is 0. The SMILES string of the molecule is CCc1ncc2c(=O)n(CCc3ccccc3)ccn12. The van der Waals surface area contributed by atoms with Crippen LogP contribution in [0.1, 0.15) is 18.3 Å². The fraction of sp³-hybridized carbons (Fsp3) is 0.250. The van der Waals surface area contributed by atoms with Crippen molar-refractivity contribution in [3.05, 3.63) is 70.7 Å². The standard InChI is InChI=1S/C16H17N3O/c1-2-15-17-12-14-16(20)18(10-11-19(14)15)9-8-13-6-4-3-5-7-13/h3-7,10-12H,2,8-9H2,1H3. The Morgan fingerprint density at radius 3 is 2.70 bits per heavy atom. The van der Waals surface area contributed by atoms with Crippen molar-refractivity contribution in [2.75, 3.05) is 0 Å². The lowest BCUT2D eigenvalue weighted by Gasteiger charge is -2.07. The molecule has 0 fully saturated rings. The van der Waals surface area contributed by atoms with Gasteiger partial charge in [-0.15, -0.1) is 0 Å². The number of nitrogens with zero attached hydrogens (tertiary/aromatic N) is 3. The summed E-state index contributed by atoms with van der Waals surface area (Å²) >= 11 is 0. The number of aryl methyl sites for hydroxylation is 3. The number of imidazole rings is 1. The van der Waals surface area contributed by atoms with Crippen LogP contribution in [-0.2, 0) is 19.4 Å². The molecule has 2 heterocycles. The molecule has 4 heteroatoms. The van der Waals surface area contributed by atoms with E-state index in [1.54, 1.807) is 10.8 Å². The van der Waals surface area contributed by atoms with Gasteiger partial charge in [0, 0.05) is 25.4 Å². The van der Waals surface area contributed by atoms with E-state index in [1.807, 2.05) is 41.9 Å². The molecule has 0 radical (unpaired) electrons. The van der Waals surface area contributed by atoms with E-state index >= 15 is 0 Å². The van der Waals surface area contributed by atoms with Gasteiger partial charge in [0.05, 0.1) is 6.20 Å². The van der Waals surface area contributed by atoms with E-state index in [1.165, 1.54) is 5.56 Å². The van der Waals surface area contributed by atoms with Crippen molar-refractivity contribution in [3.63, 3.8) is 0 Å². The van der Waals surface area contributed by atoms with Crippen LogP contribution in [0.2, 0.25) is 0 Å². The summed E-state index contributed by atoms with van der Waals surface area (Å²) in [6, 6.07) is 10.2. The first-order chi connectivity index (χ1) is 9.79. The van der Waals surface area contributed by atoms with E-state index in [4.69, 9.17) is 0 Å². The van der Waals surface area contributed by atoms with Gasteiger partial charge in [-0.05, 0) is 12.0 Å². The van der Waals surface area contributed by atoms with Crippen LogP contribution < -0.4 is 5.56 Å². The molecule has 3 aromatic rings.